The zero-order valence-corrected chi connectivity index (χ0v) is 13.8. The normalized spacial score (nSPS) is 14.1. The van der Waals surface area contributed by atoms with Gasteiger partial charge in [0.2, 0.25) is 0 Å². The molecule has 19 heavy (non-hydrogen) atoms. The summed E-state index contributed by atoms with van der Waals surface area (Å²) >= 11 is 0. The topological polar surface area (TPSA) is 29.1 Å². The lowest BCUT2D eigenvalue weighted by molar-refractivity contribution is 0.543. The Balaban J connectivity index is 2.55. The highest BCUT2D eigenvalue weighted by Crippen LogP contribution is 2.58. The first kappa shape index (κ1) is 16.5. The van der Waals surface area contributed by atoms with Crippen LogP contribution in [0.2, 0.25) is 0 Å². The Morgan fingerprint density at radius 2 is 1.53 bits per heavy atom. The van der Waals surface area contributed by atoms with Crippen LogP contribution in [-0.4, -0.2) is 23.5 Å². The molecule has 0 radical (unpaired) electrons. The molecule has 0 aliphatic carbocycles. The molecule has 1 unspecified atom stereocenters. The van der Waals surface area contributed by atoms with Crippen molar-refractivity contribution in [2.45, 2.75) is 58.1 Å². The molecule has 0 fully saturated rings. The number of benzene rings is 1. The van der Waals surface area contributed by atoms with E-state index in [0.717, 1.165) is 13.1 Å². The third kappa shape index (κ3) is 4.19. The van der Waals surface area contributed by atoms with E-state index in [2.05, 4.69) is 52.1 Å². The molecule has 1 N–H and O–H groups in total. The van der Waals surface area contributed by atoms with E-state index in [0.29, 0.717) is 0 Å². The third-order valence-electron chi connectivity index (χ3n) is 3.91. The maximum atomic E-state index is 13.1. The Labute approximate surface area is 118 Å². The Bertz CT molecular complexity index is 402. The van der Waals surface area contributed by atoms with E-state index >= 15 is 0 Å². The van der Waals surface area contributed by atoms with Crippen molar-refractivity contribution in [3.05, 3.63) is 35.9 Å². The first-order chi connectivity index (χ1) is 8.89. The fraction of sp³-hybridized carbons (Fsp3) is 0.625. The van der Waals surface area contributed by atoms with E-state index in [9.17, 15) is 4.57 Å². The Morgan fingerprint density at radius 1 is 1.00 bits per heavy atom. The highest BCUT2D eigenvalue weighted by molar-refractivity contribution is 7.66. The zero-order chi connectivity index (χ0) is 14.5. The van der Waals surface area contributed by atoms with Gasteiger partial charge in [0.25, 0.3) is 0 Å². The predicted octanol–water partition coefficient (Wildman–Crippen LogP) is 4.34. The molecule has 0 amide bonds. The molecule has 2 nitrogen and oxygen atoms in total. The van der Waals surface area contributed by atoms with Gasteiger partial charge in [-0.2, -0.15) is 0 Å². The van der Waals surface area contributed by atoms with Gasteiger partial charge < -0.3 is 9.88 Å². The average Bonchev–Trinajstić information content (AvgIpc) is 2.38. The molecule has 0 aliphatic heterocycles. The molecule has 1 aromatic carbocycles. The van der Waals surface area contributed by atoms with Crippen LogP contribution in [0.3, 0.4) is 0 Å². The lowest BCUT2D eigenvalue weighted by Crippen LogP contribution is -2.29. The molecule has 0 saturated carbocycles. The summed E-state index contributed by atoms with van der Waals surface area (Å²) in [5.74, 6) is 0. The van der Waals surface area contributed by atoms with Crippen LogP contribution in [0.25, 0.3) is 0 Å². The summed E-state index contributed by atoms with van der Waals surface area (Å²) in [7, 11) is -2.14. The van der Waals surface area contributed by atoms with Crippen LogP contribution in [0.1, 0.15) is 40.2 Å². The van der Waals surface area contributed by atoms with Crippen LogP contribution < -0.4 is 5.32 Å². The molecular weight excluding hydrogens is 253 g/mol. The van der Waals surface area contributed by atoms with Crippen LogP contribution >= 0.6 is 7.14 Å². The van der Waals surface area contributed by atoms with E-state index in [1.807, 2.05) is 18.2 Å². The number of nitrogens with one attached hydrogen (secondary N) is 1. The van der Waals surface area contributed by atoms with Crippen LogP contribution in [-0.2, 0) is 11.1 Å². The van der Waals surface area contributed by atoms with E-state index in [4.69, 9.17) is 0 Å². The largest absolute Gasteiger partial charge is 0.323 e. The van der Waals surface area contributed by atoms with Gasteiger partial charge in [-0.05, 0) is 5.56 Å². The van der Waals surface area contributed by atoms with Gasteiger partial charge in [-0.25, -0.2) is 0 Å². The molecule has 0 aliphatic rings. The van der Waals surface area contributed by atoms with Crippen molar-refractivity contribution in [3.63, 3.8) is 0 Å². The van der Waals surface area contributed by atoms with Gasteiger partial charge in [0.1, 0.15) is 0 Å². The molecule has 0 saturated heterocycles. The van der Waals surface area contributed by atoms with Crippen molar-refractivity contribution in [1.29, 1.82) is 0 Å². The molecule has 0 spiro atoms. The Morgan fingerprint density at radius 3 is 2.00 bits per heavy atom. The highest BCUT2D eigenvalue weighted by Gasteiger charge is 2.35. The smallest absolute Gasteiger partial charge is 0.0963 e. The summed E-state index contributed by atoms with van der Waals surface area (Å²) < 4.78 is 13.1. The molecular formula is C16H28NOP. The fourth-order valence-electron chi connectivity index (χ4n) is 2.78. The minimum Gasteiger partial charge on any atom is -0.323 e. The molecule has 1 atom stereocenters. The predicted molar refractivity (Wildman–Crippen MR) is 85.5 cm³/mol. The molecule has 0 heterocycles. The fourth-order valence-corrected chi connectivity index (χ4v) is 6.42. The van der Waals surface area contributed by atoms with Crippen LogP contribution in [0, 0.1) is 0 Å². The lowest BCUT2D eigenvalue weighted by atomic mass is 10.2. The number of hydrogen-bond acceptors (Lipinski definition) is 2. The summed E-state index contributed by atoms with van der Waals surface area (Å²) in [4.78, 5) is 0. The average molecular weight is 281 g/mol. The van der Waals surface area contributed by atoms with Crippen LogP contribution in [0.15, 0.2) is 30.3 Å². The SMILES string of the molecule is CC(C)P(=O)(C(C)C)C(C)CNCc1ccccc1. The van der Waals surface area contributed by atoms with Crippen LogP contribution in [0.4, 0.5) is 0 Å². The van der Waals surface area contributed by atoms with Gasteiger partial charge in [0, 0.05) is 30.1 Å². The summed E-state index contributed by atoms with van der Waals surface area (Å²) in [6.45, 7) is 12.2. The molecule has 1 rings (SSSR count). The number of rotatable bonds is 7. The summed E-state index contributed by atoms with van der Waals surface area (Å²) in [5, 5.41) is 3.44. The molecule has 0 bridgehead atoms. The van der Waals surface area contributed by atoms with Gasteiger partial charge >= 0.3 is 0 Å². The third-order valence-corrected chi connectivity index (χ3v) is 8.70. The first-order valence-electron chi connectivity index (χ1n) is 7.22. The number of hydrogen-bond donors (Lipinski definition) is 1. The zero-order valence-electron chi connectivity index (χ0n) is 12.9. The minimum atomic E-state index is -2.14. The van der Waals surface area contributed by atoms with Gasteiger partial charge in [0.05, 0.1) is 7.14 Å². The summed E-state index contributed by atoms with van der Waals surface area (Å²) in [5.41, 5.74) is 2.04. The quantitative estimate of drug-likeness (QED) is 0.753. The molecule has 1 aromatic rings. The lowest BCUT2D eigenvalue weighted by Gasteiger charge is -2.32. The summed E-state index contributed by atoms with van der Waals surface area (Å²) in [6, 6.07) is 10.4. The van der Waals surface area contributed by atoms with Crippen molar-refractivity contribution < 1.29 is 4.57 Å². The molecule has 108 valence electrons. The van der Waals surface area contributed by atoms with E-state index in [1.165, 1.54) is 5.56 Å². The molecule has 3 heteroatoms. The standard InChI is InChI=1S/C16H28NOP/c1-13(2)19(18,14(3)4)15(5)11-17-12-16-9-7-6-8-10-16/h6-10,13-15,17H,11-12H2,1-5H3. The second kappa shape index (κ2) is 7.26. The van der Waals surface area contributed by atoms with Crippen molar-refractivity contribution in [1.82, 2.24) is 5.32 Å². The second-order valence-electron chi connectivity index (χ2n) is 5.92. The minimum absolute atomic E-state index is 0.233. The van der Waals surface area contributed by atoms with Crippen molar-refractivity contribution in [2.24, 2.45) is 0 Å². The van der Waals surface area contributed by atoms with E-state index < -0.39 is 7.14 Å². The Kier molecular flexibility index (Phi) is 6.29. The second-order valence-corrected chi connectivity index (χ2v) is 10.4. The maximum Gasteiger partial charge on any atom is 0.0963 e. The summed E-state index contributed by atoms with van der Waals surface area (Å²) in [6.07, 6.45) is 0. The van der Waals surface area contributed by atoms with Gasteiger partial charge in [-0.1, -0.05) is 65.0 Å². The van der Waals surface area contributed by atoms with E-state index in [1.54, 1.807) is 0 Å². The maximum absolute atomic E-state index is 13.1. The van der Waals surface area contributed by atoms with Crippen molar-refractivity contribution in [2.75, 3.05) is 6.54 Å². The van der Waals surface area contributed by atoms with Crippen molar-refractivity contribution in [3.8, 4) is 0 Å². The van der Waals surface area contributed by atoms with Crippen LogP contribution in [0.5, 0.6) is 0 Å². The Hall–Kier alpha value is -0.590. The van der Waals surface area contributed by atoms with E-state index in [-0.39, 0.29) is 17.0 Å². The molecule has 0 aromatic heterocycles. The van der Waals surface area contributed by atoms with Gasteiger partial charge in [-0.15, -0.1) is 0 Å². The highest BCUT2D eigenvalue weighted by atomic mass is 31.2. The van der Waals surface area contributed by atoms with Crippen molar-refractivity contribution >= 4 is 7.14 Å². The first-order valence-corrected chi connectivity index (χ1v) is 9.14. The van der Waals surface area contributed by atoms with Gasteiger partial charge in [-0.3, -0.25) is 0 Å². The van der Waals surface area contributed by atoms with Gasteiger partial charge in [0.15, 0.2) is 0 Å². The monoisotopic (exact) mass is 281 g/mol.